The molecule has 2 N–H and O–H groups in total. The molecule has 0 saturated heterocycles. The van der Waals surface area contributed by atoms with Gasteiger partial charge in [-0.2, -0.15) is 5.10 Å². The van der Waals surface area contributed by atoms with Gasteiger partial charge in [-0.3, -0.25) is 20.4 Å². The average molecular weight is 470 g/mol. The molecule has 2 heterocycles. The number of benzene rings is 3. The predicted molar refractivity (Wildman–Crippen MR) is 128 cm³/mol. The zero-order valence-corrected chi connectivity index (χ0v) is 18.9. The van der Waals surface area contributed by atoms with Crippen molar-refractivity contribution in [1.82, 2.24) is 20.6 Å². The largest absolute Gasteiger partial charge is 0.497 e. The first kappa shape index (κ1) is 22.0. The molecule has 9 heteroatoms. The van der Waals surface area contributed by atoms with Gasteiger partial charge in [0.1, 0.15) is 19.0 Å². The number of rotatable bonds is 5. The van der Waals surface area contributed by atoms with Gasteiger partial charge in [0.15, 0.2) is 17.2 Å². The maximum absolute atomic E-state index is 12.9. The lowest BCUT2D eigenvalue weighted by molar-refractivity contribution is 0.0843. The first-order chi connectivity index (χ1) is 17.1. The lowest BCUT2D eigenvalue weighted by Gasteiger charge is -2.18. The van der Waals surface area contributed by atoms with E-state index in [1.165, 1.54) is 0 Å². The number of hydrogen-bond donors (Lipinski definition) is 2. The molecule has 2 amide bonds. The molecule has 4 aromatic rings. The summed E-state index contributed by atoms with van der Waals surface area (Å²) >= 11 is 0. The van der Waals surface area contributed by atoms with Crippen LogP contribution in [0.3, 0.4) is 0 Å². The van der Waals surface area contributed by atoms with Crippen LogP contribution in [-0.4, -0.2) is 41.9 Å². The normalized spacial score (nSPS) is 12.0. The number of hydrazine groups is 1. The number of fused-ring (bicyclic) bond motifs is 1. The van der Waals surface area contributed by atoms with E-state index in [0.717, 1.165) is 17.0 Å². The van der Waals surface area contributed by atoms with Crippen LogP contribution in [0.2, 0.25) is 0 Å². The van der Waals surface area contributed by atoms with Gasteiger partial charge in [0.05, 0.1) is 18.5 Å². The van der Waals surface area contributed by atoms with E-state index in [2.05, 4.69) is 16.0 Å². The van der Waals surface area contributed by atoms with E-state index in [1.54, 1.807) is 36.1 Å². The third kappa shape index (κ3) is 4.65. The smallest absolute Gasteiger partial charge is 0.290 e. The Morgan fingerprint density at radius 3 is 2.31 bits per heavy atom. The number of methoxy groups -OCH3 is 1. The summed E-state index contributed by atoms with van der Waals surface area (Å²) in [7, 11) is 1.60. The van der Waals surface area contributed by atoms with E-state index in [4.69, 9.17) is 14.2 Å². The lowest BCUT2D eigenvalue weighted by atomic mass is 10.1. The summed E-state index contributed by atoms with van der Waals surface area (Å²) in [5, 5.41) is 4.49. The second kappa shape index (κ2) is 9.60. The Balaban J connectivity index is 1.36. The van der Waals surface area contributed by atoms with Crippen LogP contribution < -0.4 is 25.1 Å². The van der Waals surface area contributed by atoms with Gasteiger partial charge in [0.2, 0.25) is 0 Å². The number of nitrogens with zero attached hydrogens (tertiary/aromatic N) is 2. The second-order valence-corrected chi connectivity index (χ2v) is 7.66. The van der Waals surface area contributed by atoms with Gasteiger partial charge in [-0.25, -0.2) is 4.68 Å². The van der Waals surface area contributed by atoms with Crippen molar-refractivity contribution in [2.75, 3.05) is 20.3 Å². The molecule has 1 aliphatic heterocycles. The summed E-state index contributed by atoms with van der Waals surface area (Å²) in [6.45, 7) is 0.873. The van der Waals surface area contributed by atoms with Crippen molar-refractivity contribution in [1.29, 1.82) is 0 Å². The Hall–Kier alpha value is -4.79. The van der Waals surface area contributed by atoms with Gasteiger partial charge < -0.3 is 14.2 Å². The molecule has 1 aliphatic rings. The Kier molecular flexibility index (Phi) is 6.04. The van der Waals surface area contributed by atoms with Crippen molar-refractivity contribution in [2.45, 2.75) is 0 Å². The zero-order valence-electron chi connectivity index (χ0n) is 18.9. The van der Waals surface area contributed by atoms with Crippen molar-refractivity contribution < 1.29 is 23.8 Å². The molecule has 0 atom stereocenters. The maximum atomic E-state index is 12.9. The molecule has 3 aromatic carbocycles. The molecule has 0 fully saturated rings. The average Bonchev–Trinajstić information content (AvgIpc) is 3.37. The van der Waals surface area contributed by atoms with E-state index in [9.17, 15) is 9.59 Å². The highest BCUT2D eigenvalue weighted by Gasteiger charge is 2.19. The molecule has 0 spiro atoms. The topological polar surface area (TPSA) is 104 Å². The maximum Gasteiger partial charge on any atom is 0.290 e. The number of ether oxygens (including phenoxy) is 3. The Bertz CT molecular complexity index is 1370. The number of amides is 2. The molecular formula is C26H22N4O5. The standard InChI is InChI=1S/C26H22N4O5/c1-33-20-10-7-17(8-11-20)22-16-21(29-30(22)19-5-3-2-4-6-19)26(32)28-27-25(31)18-9-12-23-24(15-18)35-14-13-34-23/h2-12,15-16H,13-14H2,1H3,(H,27,31)(H,28,32). The third-order valence-electron chi connectivity index (χ3n) is 5.42. The van der Waals surface area contributed by atoms with Crippen LogP contribution in [0.25, 0.3) is 16.9 Å². The van der Waals surface area contributed by atoms with Gasteiger partial charge in [-0.1, -0.05) is 18.2 Å². The third-order valence-corrected chi connectivity index (χ3v) is 5.42. The summed E-state index contributed by atoms with van der Waals surface area (Å²) < 4.78 is 17.9. The summed E-state index contributed by atoms with van der Waals surface area (Å²) in [4.78, 5) is 25.5. The van der Waals surface area contributed by atoms with E-state index in [0.29, 0.717) is 36.0 Å². The number of carbonyl (C=O) groups is 2. The number of carbonyl (C=O) groups excluding carboxylic acids is 2. The van der Waals surface area contributed by atoms with Crippen LogP contribution in [0.15, 0.2) is 78.9 Å². The number of nitrogens with one attached hydrogen (secondary N) is 2. The van der Waals surface area contributed by atoms with Gasteiger partial charge in [0, 0.05) is 11.1 Å². The highest BCUT2D eigenvalue weighted by Crippen LogP contribution is 2.30. The molecule has 35 heavy (non-hydrogen) atoms. The zero-order chi connectivity index (χ0) is 24.2. The molecule has 0 unspecified atom stereocenters. The first-order valence-electron chi connectivity index (χ1n) is 10.9. The highest BCUT2D eigenvalue weighted by atomic mass is 16.6. The van der Waals surface area contributed by atoms with Gasteiger partial charge in [-0.15, -0.1) is 0 Å². The second-order valence-electron chi connectivity index (χ2n) is 7.66. The molecule has 5 rings (SSSR count). The lowest BCUT2D eigenvalue weighted by Crippen LogP contribution is -2.41. The summed E-state index contributed by atoms with van der Waals surface area (Å²) in [6, 6.07) is 23.4. The molecule has 0 bridgehead atoms. The number of hydrogen-bond acceptors (Lipinski definition) is 6. The monoisotopic (exact) mass is 470 g/mol. The van der Waals surface area contributed by atoms with Crippen LogP contribution in [0.1, 0.15) is 20.8 Å². The minimum absolute atomic E-state index is 0.141. The fourth-order valence-corrected chi connectivity index (χ4v) is 3.66. The van der Waals surface area contributed by atoms with Crippen LogP contribution in [0, 0.1) is 0 Å². The molecule has 1 aromatic heterocycles. The minimum Gasteiger partial charge on any atom is -0.497 e. The molecule has 0 radical (unpaired) electrons. The summed E-state index contributed by atoms with van der Waals surface area (Å²) in [6.07, 6.45) is 0. The Labute approximate surface area is 201 Å². The van der Waals surface area contributed by atoms with Gasteiger partial charge >= 0.3 is 0 Å². The number of para-hydroxylation sites is 1. The van der Waals surface area contributed by atoms with Crippen LogP contribution >= 0.6 is 0 Å². The van der Waals surface area contributed by atoms with E-state index < -0.39 is 11.8 Å². The van der Waals surface area contributed by atoms with Crippen molar-refractivity contribution in [3.05, 3.63) is 90.1 Å². The predicted octanol–water partition coefficient (Wildman–Crippen LogP) is 3.39. The van der Waals surface area contributed by atoms with Gasteiger partial charge in [-0.05, 0) is 60.7 Å². The van der Waals surface area contributed by atoms with Crippen LogP contribution in [-0.2, 0) is 0 Å². The summed E-state index contributed by atoms with van der Waals surface area (Å²) in [5.41, 5.74) is 7.67. The quantitative estimate of drug-likeness (QED) is 0.434. The Morgan fingerprint density at radius 1 is 0.857 bits per heavy atom. The molecule has 9 nitrogen and oxygen atoms in total. The Morgan fingerprint density at radius 2 is 1.57 bits per heavy atom. The molecule has 0 saturated carbocycles. The SMILES string of the molecule is COc1ccc(-c2cc(C(=O)NNC(=O)c3ccc4c(c3)OCCO4)nn2-c2ccccc2)cc1. The van der Waals surface area contributed by atoms with Crippen molar-refractivity contribution >= 4 is 11.8 Å². The van der Waals surface area contributed by atoms with E-state index in [-0.39, 0.29) is 5.69 Å². The minimum atomic E-state index is -0.555. The van der Waals surface area contributed by atoms with Crippen molar-refractivity contribution in [2.24, 2.45) is 0 Å². The van der Waals surface area contributed by atoms with Crippen molar-refractivity contribution in [3.8, 4) is 34.2 Å². The van der Waals surface area contributed by atoms with E-state index in [1.807, 2.05) is 54.6 Å². The first-order valence-corrected chi connectivity index (χ1v) is 10.9. The molecule has 0 aliphatic carbocycles. The van der Waals surface area contributed by atoms with Gasteiger partial charge in [0.25, 0.3) is 11.8 Å². The van der Waals surface area contributed by atoms with Crippen LogP contribution in [0.4, 0.5) is 0 Å². The van der Waals surface area contributed by atoms with Crippen molar-refractivity contribution in [3.63, 3.8) is 0 Å². The summed E-state index contributed by atoms with van der Waals surface area (Å²) in [5.74, 6) is 0.739. The van der Waals surface area contributed by atoms with E-state index >= 15 is 0 Å². The number of aromatic nitrogens is 2. The fourth-order valence-electron chi connectivity index (χ4n) is 3.66. The fraction of sp³-hybridized carbons (Fsp3) is 0.115. The highest BCUT2D eigenvalue weighted by molar-refractivity contribution is 5.99. The van der Waals surface area contributed by atoms with Crippen LogP contribution in [0.5, 0.6) is 17.2 Å². The molecule has 176 valence electrons. The molecular weight excluding hydrogens is 448 g/mol.